The van der Waals surface area contributed by atoms with Gasteiger partial charge in [0.2, 0.25) is 0 Å². The van der Waals surface area contributed by atoms with Crippen LogP contribution in [0.5, 0.6) is 0 Å². The third kappa shape index (κ3) is 53.4. The van der Waals surface area contributed by atoms with Crippen LogP contribution in [0, 0.1) is 0 Å². The third-order valence-corrected chi connectivity index (χ3v) is 11.5. The third-order valence-electron chi connectivity index (χ3n) is 10.5. The molecule has 0 rings (SSSR count). The highest BCUT2D eigenvalue weighted by Crippen LogP contribution is 2.43. The molecule has 0 spiro atoms. The molecule has 9 nitrogen and oxygen atoms in total. The van der Waals surface area contributed by atoms with E-state index in [-0.39, 0.29) is 32.6 Å². The number of carbonyl (C=O) groups excluding carboxylic acids is 2. The molecule has 69 heavy (non-hydrogen) atoms. The van der Waals surface area contributed by atoms with E-state index in [2.05, 4.69) is 148 Å². The van der Waals surface area contributed by atoms with Gasteiger partial charge in [-0.1, -0.05) is 205 Å². The highest BCUT2D eigenvalue weighted by Gasteiger charge is 2.26. The van der Waals surface area contributed by atoms with Gasteiger partial charge < -0.3 is 20.1 Å². The van der Waals surface area contributed by atoms with Crippen molar-refractivity contribution < 1.29 is 37.6 Å². The van der Waals surface area contributed by atoms with E-state index in [1.165, 1.54) is 19.3 Å². The van der Waals surface area contributed by atoms with Crippen LogP contribution < -0.4 is 5.73 Å². The molecule has 3 N–H and O–H groups in total. The molecule has 2 unspecified atom stereocenters. The zero-order chi connectivity index (χ0) is 50.2. The van der Waals surface area contributed by atoms with Gasteiger partial charge in [-0.25, -0.2) is 4.57 Å². The first-order chi connectivity index (χ1) is 33.8. The number of carbonyl (C=O) groups is 2. The molecule has 2 atom stereocenters. The molecular formula is C59H96NO8P. The van der Waals surface area contributed by atoms with Crippen molar-refractivity contribution in [3.05, 3.63) is 134 Å². The van der Waals surface area contributed by atoms with Gasteiger partial charge >= 0.3 is 19.8 Å². The van der Waals surface area contributed by atoms with Crippen LogP contribution >= 0.6 is 7.82 Å². The summed E-state index contributed by atoms with van der Waals surface area (Å²) in [5.41, 5.74) is 5.37. The number of esters is 2. The molecule has 0 saturated heterocycles. The summed E-state index contributed by atoms with van der Waals surface area (Å²) in [5, 5.41) is 0. The van der Waals surface area contributed by atoms with E-state index >= 15 is 0 Å². The van der Waals surface area contributed by atoms with Crippen molar-refractivity contribution >= 4 is 19.8 Å². The average Bonchev–Trinajstić information content (AvgIpc) is 3.34. The van der Waals surface area contributed by atoms with Crippen molar-refractivity contribution in [3.8, 4) is 0 Å². The van der Waals surface area contributed by atoms with Crippen LogP contribution in [0.4, 0.5) is 0 Å². The Morgan fingerprint density at radius 1 is 0.435 bits per heavy atom. The molecule has 0 bridgehead atoms. The number of nitrogens with two attached hydrogens (primary N) is 1. The zero-order valence-corrected chi connectivity index (χ0v) is 44.1. The second-order valence-electron chi connectivity index (χ2n) is 17.0. The average molecular weight is 978 g/mol. The first kappa shape index (κ1) is 65.1. The number of phosphoric ester groups is 1. The van der Waals surface area contributed by atoms with Crippen molar-refractivity contribution in [2.24, 2.45) is 5.73 Å². The van der Waals surface area contributed by atoms with E-state index in [1.54, 1.807) is 0 Å². The fourth-order valence-corrected chi connectivity index (χ4v) is 7.43. The maximum Gasteiger partial charge on any atom is 0.472 e. The van der Waals surface area contributed by atoms with E-state index in [0.717, 1.165) is 135 Å². The zero-order valence-electron chi connectivity index (χ0n) is 43.2. The van der Waals surface area contributed by atoms with Crippen molar-refractivity contribution in [2.75, 3.05) is 26.4 Å². The number of phosphoric acid groups is 1. The lowest BCUT2D eigenvalue weighted by Crippen LogP contribution is -2.29. The summed E-state index contributed by atoms with van der Waals surface area (Å²) in [6.45, 7) is 3.46. The van der Waals surface area contributed by atoms with E-state index in [9.17, 15) is 19.0 Å². The minimum absolute atomic E-state index is 0.0415. The predicted molar refractivity (Wildman–Crippen MR) is 293 cm³/mol. The van der Waals surface area contributed by atoms with Crippen LogP contribution in [0.15, 0.2) is 134 Å². The van der Waals surface area contributed by atoms with Crippen LogP contribution in [0.25, 0.3) is 0 Å². The summed E-state index contributed by atoms with van der Waals surface area (Å²) in [6.07, 6.45) is 74.9. The maximum atomic E-state index is 12.7. The van der Waals surface area contributed by atoms with Gasteiger partial charge in [-0.3, -0.25) is 18.6 Å². The summed E-state index contributed by atoms with van der Waals surface area (Å²) in [5.74, 6) is -0.868. The molecule has 0 aliphatic rings. The van der Waals surface area contributed by atoms with Gasteiger partial charge in [-0.15, -0.1) is 0 Å². The number of hydrogen-bond donors (Lipinski definition) is 2. The molecule has 10 heteroatoms. The van der Waals surface area contributed by atoms with Gasteiger partial charge in [0.1, 0.15) is 6.61 Å². The number of rotatable bonds is 48. The first-order valence-electron chi connectivity index (χ1n) is 26.7. The number of unbranched alkanes of at least 4 members (excludes halogenated alkanes) is 13. The Kier molecular flexibility index (Phi) is 50.5. The molecule has 0 aromatic heterocycles. The number of ether oxygens (including phenoxy) is 2. The Labute approximate surface area is 421 Å². The fraction of sp³-hybridized carbons (Fsp3) is 0.593. The fourth-order valence-electron chi connectivity index (χ4n) is 6.66. The summed E-state index contributed by atoms with van der Waals surface area (Å²) in [4.78, 5) is 35.1. The van der Waals surface area contributed by atoms with Gasteiger partial charge in [0, 0.05) is 19.4 Å². The van der Waals surface area contributed by atoms with E-state index in [4.69, 9.17) is 24.3 Å². The van der Waals surface area contributed by atoms with Gasteiger partial charge in [0.25, 0.3) is 0 Å². The lowest BCUT2D eigenvalue weighted by molar-refractivity contribution is -0.161. The largest absolute Gasteiger partial charge is 0.472 e. The van der Waals surface area contributed by atoms with Gasteiger partial charge in [0.15, 0.2) is 6.10 Å². The van der Waals surface area contributed by atoms with Crippen molar-refractivity contribution in [1.82, 2.24) is 0 Å². The van der Waals surface area contributed by atoms with Crippen LogP contribution in [0.1, 0.15) is 194 Å². The Bertz CT molecular complexity index is 1580. The summed E-state index contributed by atoms with van der Waals surface area (Å²) < 4.78 is 32.9. The molecule has 0 amide bonds. The smallest absolute Gasteiger partial charge is 0.462 e. The summed E-state index contributed by atoms with van der Waals surface area (Å²) in [7, 11) is -4.40. The van der Waals surface area contributed by atoms with Crippen molar-refractivity contribution in [2.45, 2.75) is 200 Å². The van der Waals surface area contributed by atoms with Crippen molar-refractivity contribution in [1.29, 1.82) is 0 Å². The minimum atomic E-state index is -4.40. The first-order valence-corrected chi connectivity index (χ1v) is 28.2. The normalized spacial score (nSPS) is 14.2. The lowest BCUT2D eigenvalue weighted by Gasteiger charge is -2.19. The molecule has 0 aromatic carbocycles. The number of hydrogen-bond acceptors (Lipinski definition) is 8. The maximum absolute atomic E-state index is 12.7. The molecular weight excluding hydrogens is 882 g/mol. The monoisotopic (exact) mass is 978 g/mol. The Balaban J connectivity index is 4.11. The quantitative estimate of drug-likeness (QED) is 0.0264. The van der Waals surface area contributed by atoms with Gasteiger partial charge in [-0.05, 0) is 109 Å². The molecule has 0 aromatic rings. The second kappa shape index (κ2) is 53.5. The Hall–Kier alpha value is -3.85. The van der Waals surface area contributed by atoms with E-state index in [0.29, 0.717) is 12.8 Å². The summed E-state index contributed by atoms with van der Waals surface area (Å²) in [6, 6.07) is 0. The topological polar surface area (TPSA) is 134 Å². The standard InChI is InChI=1S/C59H96NO8P/c1-3-5-7-9-11-13-15-17-19-21-22-23-24-25-26-27-28-29-30-31-32-33-34-36-38-40-42-44-46-48-50-52-59(62)68-57(56-67-69(63,64)66-54-53-60)55-65-58(61)51-49-47-45-43-41-39-37-35-20-18-16-14-12-10-8-6-4-2/h5-8,11-14,17-20,22-23,25-26,28-29,31-32,34,36,57H,3-4,9-10,15-16,21,24,27,30,33,35,37-56,60H2,1-2H3,(H,63,64)/b7-5-,8-6-,13-11-,14-12-,19-17-,20-18-,23-22-,26-25-,29-28-,32-31-,36-34-. The molecule has 0 radical (unpaired) electrons. The highest BCUT2D eigenvalue weighted by atomic mass is 31.2. The van der Waals surface area contributed by atoms with Crippen LogP contribution in [-0.2, 0) is 32.7 Å². The molecule has 0 heterocycles. The van der Waals surface area contributed by atoms with E-state index in [1.807, 2.05) is 0 Å². The van der Waals surface area contributed by atoms with Gasteiger partial charge in [-0.2, -0.15) is 0 Å². The molecule has 0 fully saturated rings. The predicted octanol–water partition coefficient (Wildman–Crippen LogP) is 16.6. The SMILES string of the molecule is CC/C=C\C/C=C\C/C=C\C/C=C\C/C=C\C/C=C\C/C=C\C/C=C\CCCCCCCCC(=O)OC(COC(=O)CCCCCCCCC/C=C\C/C=C\C/C=C\CC)COP(=O)(O)OCCN. The highest BCUT2D eigenvalue weighted by molar-refractivity contribution is 7.47. The van der Waals surface area contributed by atoms with E-state index < -0.39 is 32.5 Å². The van der Waals surface area contributed by atoms with Crippen LogP contribution in [-0.4, -0.2) is 49.3 Å². The second-order valence-corrected chi connectivity index (χ2v) is 18.4. The molecule has 390 valence electrons. The minimum Gasteiger partial charge on any atom is -0.462 e. The van der Waals surface area contributed by atoms with Crippen LogP contribution in [0.2, 0.25) is 0 Å². The molecule has 0 aliphatic heterocycles. The lowest BCUT2D eigenvalue weighted by atomic mass is 10.1. The Morgan fingerprint density at radius 3 is 1.12 bits per heavy atom. The molecule has 0 saturated carbocycles. The number of allylic oxidation sites excluding steroid dienone is 22. The molecule has 0 aliphatic carbocycles. The Morgan fingerprint density at radius 2 is 0.754 bits per heavy atom. The van der Waals surface area contributed by atoms with Crippen molar-refractivity contribution in [3.63, 3.8) is 0 Å². The van der Waals surface area contributed by atoms with Crippen LogP contribution in [0.3, 0.4) is 0 Å². The van der Waals surface area contributed by atoms with Gasteiger partial charge in [0.05, 0.1) is 13.2 Å². The summed E-state index contributed by atoms with van der Waals surface area (Å²) >= 11 is 0.